The monoisotopic (exact) mass is 298 g/mol. The number of hydrogen-bond acceptors (Lipinski definition) is 2. The van der Waals surface area contributed by atoms with E-state index in [1.807, 2.05) is 0 Å². The van der Waals surface area contributed by atoms with Crippen molar-refractivity contribution in [2.24, 2.45) is 5.73 Å². The number of carbonyl (C=O) groups is 1. The van der Waals surface area contributed by atoms with Gasteiger partial charge in [-0.15, -0.1) is 12.4 Å². The highest BCUT2D eigenvalue weighted by Crippen LogP contribution is 2.10. The van der Waals surface area contributed by atoms with E-state index < -0.39 is 0 Å². The molecule has 0 aromatic heterocycles. The summed E-state index contributed by atoms with van der Waals surface area (Å²) in [5.74, 6) is 0.0808. The molecule has 4 heteroatoms. The quantitative estimate of drug-likeness (QED) is 0.813. The second-order valence-corrected chi connectivity index (χ2v) is 5.33. The van der Waals surface area contributed by atoms with E-state index >= 15 is 0 Å². The van der Waals surface area contributed by atoms with Crippen molar-refractivity contribution in [3.63, 3.8) is 0 Å². The summed E-state index contributed by atoms with van der Waals surface area (Å²) in [7, 11) is 0. The van der Waals surface area contributed by atoms with Gasteiger partial charge in [0.2, 0.25) is 5.91 Å². The number of aryl methyl sites for hydroxylation is 2. The van der Waals surface area contributed by atoms with Gasteiger partial charge in [0.1, 0.15) is 0 Å². The number of nitrogens with one attached hydrogen (secondary N) is 1. The second-order valence-electron chi connectivity index (χ2n) is 5.33. The van der Waals surface area contributed by atoms with Crippen molar-refractivity contribution in [3.8, 4) is 0 Å². The minimum absolute atomic E-state index is 0. The van der Waals surface area contributed by atoms with Gasteiger partial charge >= 0.3 is 0 Å². The van der Waals surface area contributed by atoms with Gasteiger partial charge in [-0.3, -0.25) is 4.79 Å². The molecule has 0 atom stereocenters. The highest BCUT2D eigenvalue weighted by atomic mass is 35.5. The van der Waals surface area contributed by atoms with E-state index in [0.717, 1.165) is 19.3 Å². The molecule has 0 aliphatic heterocycles. The van der Waals surface area contributed by atoms with Crippen molar-refractivity contribution in [3.05, 3.63) is 35.4 Å². The fourth-order valence-electron chi connectivity index (χ4n) is 1.88. The molecule has 0 unspecified atom stereocenters. The van der Waals surface area contributed by atoms with Crippen LogP contribution < -0.4 is 11.1 Å². The minimum atomic E-state index is -0.264. The Morgan fingerprint density at radius 3 is 2.25 bits per heavy atom. The summed E-state index contributed by atoms with van der Waals surface area (Å²) in [5, 5.41) is 2.94. The van der Waals surface area contributed by atoms with Gasteiger partial charge in [-0.25, -0.2) is 0 Å². The topological polar surface area (TPSA) is 55.1 Å². The number of amides is 1. The molecular weight excluding hydrogens is 272 g/mol. The lowest BCUT2D eigenvalue weighted by Crippen LogP contribution is -2.49. The van der Waals surface area contributed by atoms with E-state index in [1.54, 1.807) is 0 Å². The molecule has 0 fully saturated rings. The van der Waals surface area contributed by atoms with Crippen LogP contribution in [0.2, 0.25) is 0 Å². The van der Waals surface area contributed by atoms with E-state index in [1.165, 1.54) is 11.1 Å². The highest BCUT2D eigenvalue weighted by Gasteiger charge is 2.20. The number of rotatable bonds is 7. The number of nitrogens with two attached hydrogens (primary N) is 1. The minimum Gasteiger partial charge on any atom is -0.354 e. The van der Waals surface area contributed by atoms with Crippen LogP contribution in [0.4, 0.5) is 0 Å². The van der Waals surface area contributed by atoms with E-state index in [0.29, 0.717) is 13.0 Å². The molecule has 20 heavy (non-hydrogen) atoms. The SMILES string of the molecule is CCC(N)(CC)CNC(=O)CCc1ccc(C)cc1.Cl. The third-order valence-corrected chi connectivity index (χ3v) is 3.81. The molecule has 3 nitrogen and oxygen atoms in total. The number of hydrogen-bond donors (Lipinski definition) is 2. The third-order valence-electron chi connectivity index (χ3n) is 3.81. The van der Waals surface area contributed by atoms with Crippen LogP contribution in [-0.2, 0) is 11.2 Å². The maximum atomic E-state index is 11.8. The Morgan fingerprint density at radius 1 is 1.20 bits per heavy atom. The third kappa shape index (κ3) is 6.40. The first-order valence-electron chi connectivity index (χ1n) is 7.10. The van der Waals surface area contributed by atoms with Crippen LogP contribution >= 0.6 is 12.4 Å². The first kappa shape index (κ1) is 18.9. The molecule has 0 bridgehead atoms. The van der Waals surface area contributed by atoms with Crippen molar-refractivity contribution in [1.82, 2.24) is 5.32 Å². The average molecular weight is 299 g/mol. The maximum Gasteiger partial charge on any atom is 0.220 e. The van der Waals surface area contributed by atoms with Crippen molar-refractivity contribution in [1.29, 1.82) is 0 Å². The summed E-state index contributed by atoms with van der Waals surface area (Å²) in [4.78, 5) is 11.8. The van der Waals surface area contributed by atoms with E-state index in [4.69, 9.17) is 5.73 Å². The van der Waals surface area contributed by atoms with Crippen molar-refractivity contribution in [2.45, 2.75) is 52.0 Å². The average Bonchev–Trinajstić information content (AvgIpc) is 2.44. The van der Waals surface area contributed by atoms with Gasteiger partial charge in [-0.05, 0) is 31.7 Å². The molecule has 1 aromatic rings. The normalized spacial score (nSPS) is 10.8. The maximum absolute atomic E-state index is 11.8. The van der Waals surface area contributed by atoms with Crippen LogP contribution in [0, 0.1) is 6.92 Å². The zero-order valence-corrected chi connectivity index (χ0v) is 13.6. The summed E-state index contributed by atoms with van der Waals surface area (Å²) in [6.07, 6.45) is 3.05. The number of halogens is 1. The summed E-state index contributed by atoms with van der Waals surface area (Å²) in [6.45, 7) is 6.74. The van der Waals surface area contributed by atoms with Gasteiger partial charge in [0.25, 0.3) is 0 Å². The Kier molecular flexibility index (Phi) is 8.51. The number of carbonyl (C=O) groups excluding carboxylic acids is 1. The van der Waals surface area contributed by atoms with Crippen molar-refractivity contribution in [2.75, 3.05) is 6.54 Å². The molecule has 0 saturated heterocycles. The Hall–Kier alpha value is -1.06. The van der Waals surface area contributed by atoms with Gasteiger partial charge in [0.05, 0.1) is 0 Å². The van der Waals surface area contributed by atoms with Gasteiger partial charge in [-0.1, -0.05) is 43.7 Å². The largest absolute Gasteiger partial charge is 0.354 e. The summed E-state index contributed by atoms with van der Waals surface area (Å²) in [5.41, 5.74) is 8.33. The van der Waals surface area contributed by atoms with Crippen molar-refractivity contribution < 1.29 is 4.79 Å². The van der Waals surface area contributed by atoms with Crippen LogP contribution in [0.15, 0.2) is 24.3 Å². The smallest absolute Gasteiger partial charge is 0.220 e. The van der Waals surface area contributed by atoms with Gasteiger partial charge in [0, 0.05) is 18.5 Å². The highest BCUT2D eigenvalue weighted by molar-refractivity contribution is 5.85. The number of benzene rings is 1. The molecule has 0 aliphatic rings. The Labute approximate surface area is 128 Å². The van der Waals surface area contributed by atoms with Crippen LogP contribution in [0.5, 0.6) is 0 Å². The first-order chi connectivity index (χ1) is 8.99. The summed E-state index contributed by atoms with van der Waals surface area (Å²) < 4.78 is 0. The Bertz CT molecular complexity index is 399. The zero-order valence-electron chi connectivity index (χ0n) is 12.7. The molecule has 0 saturated carbocycles. The van der Waals surface area contributed by atoms with E-state index in [-0.39, 0.29) is 23.9 Å². The Balaban J connectivity index is 0.00000361. The van der Waals surface area contributed by atoms with Crippen LogP contribution in [0.3, 0.4) is 0 Å². The molecule has 1 amide bonds. The predicted molar refractivity (Wildman–Crippen MR) is 87.3 cm³/mol. The molecule has 114 valence electrons. The molecular formula is C16H27ClN2O. The molecule has 1 aromatic carbocycles. The fourth-order valence-corrected chi connectivity index (χ4v) is 1.88. The van der Waals surface area contributed by atoms with Crippen LogP contribution in [0.25, 0.3) is 0 Å². The van der Waals surface area contributed by atoms with Gasteiger partial charge < -0.3 is 11.1 Å². The Morgan fingerprint density at radius 2 is 1.75 bits per heavy atom. The van der Waals surface area contributed by atoms with Gasteiger partial charge in [0.15, 0.2) is 0 Å². The molecule has 0 aliphatic carbocycles. The second kappa shape index (κ2) is 8.98. The summed E-state index contributed by atoms with van der Waals surface area (Å²) in [6, 6.07) is 8.31. The molecule has 0 radical (unpaired) electrons. The predicted octanol–water partition coefficient (Wildman–Crippen LogP) is 2.98. The van der Waals surface area contributed by atoms with Gasteiger partial charge in [-0.2, -0.15) is 0 Å². The first-order valence-corrected chi connectivity index (χ1v) is 7.10. The van der Waals surface area contributed by atoms with Crippen molar-refractivity contribution >= 4 is 18.3 Å². The van der Waals surface area contributed by atoms with Crippen LogP contribution in [0.1, 0.15) is 44.2 Å². The fraction of sp³-hybridized carbons (Fsp3) is 0.562. The standard InChI is InChI=1S/C16H26N2O.ClH/c1-4-16(17,5-2)12-18-15(19)11-10-14-8-6-13(3)7-9-14;/h6-9H,4-5,10-12,17H2,1-3H3,(H,18,19);1H. The van der Waals surface area contributed by atoms with E-state index in [2.05, 4.69) is 50.4 Å². The molecule has 3 N–H and O–H groups in total. The molecule has 0 spiro atoms. The lowest BCUT2D eigenvalue weighted by atomic mass is 9.94. The lowest BCUT2D eigenvalue weighted by molar-refractivity contribution is -0.121. The lowest BCUT2D eigenvalue weighted by Gasteiger charge is -2.26. The zero-order chi connectivity index (χ0) is 14.3. The van der Waals surface area contributed by atoms with Crippen LogP contribution in [-0.4, -0.2) is 18.0 Å². The molecule has 1 rings (SSSR count). The van der Waals surface area contributed by atoms with E-state index in [9.17, 15) is 4.79 Å². The molecule has 0 heterocycles. The summed E-state index contributed by atoms with van der Waals surface area (Å²) >= 11 is 0.